The van der Waals surface area contributed by atoms with E-state index in [-0.39, 0.29) is 6.10 Å². The van der Waals surface area contributed by atoms with Crippen LogP contribution in [-0.4, -0.2) is 9.67 Å². The van der Waals surface area contributed by atoms with Gasteiger partial charge < -0.3 is 9.67 Å². The molecule has 0 radical (unpaired) electrons. The maximum Gasteiger partial charge on any atom is 0.0807 e. The van der Waals surface area contributed by atoms with Gasteiger partial charge in [0, 0.05) is 23.0 Å². The third kappa shape index (κ3) is 2.35. The topological polar surface area (TPSA) is 25.2 Å². The van der Waals surface area contributed by atoms with Gasteiger partial charge in [-0.2, -0.15) is 0 Å². The van der Waals surface area contributed by atoms with Crippen LogP contribution in [0.1, 0.15) is 81.5 Å². The average molecular weight is 261 g/mol. The molecule has 2 atom stereocenters. The predicted molar refractivity (Wildman–Crippen MR) is 78.4 cm³/mol. The summed E-state index contributed by atoms with van der Waals surface area (Å²) in [5.74, 6) is 0. The first-order chi connectivity index (χ1) is 8.98. The van der Waals surface area contributed by atoms with Crippen LogP contribution in [-0.2, 0) is 6.42 Å². The summed E-state index contributed by atoms with van der Waals surface area (Å²) in [6.07, 6.45) is 8.28. The summed E-state index contributed by atoms with van der Waals surface area (Å²) in [7, 11) is 0. The molecule has 3 rings (SSSR count). The van der Waals surface area contributed by atoms with E-state index >= 15 is 0 Å². The Labute approximate surface area is 116 Å². The highest BCUT2D eigenvalue weighted by atomic mass is 16.3. The predicted octanol–water partition coefficient (Wildman–Crippen LogP) is 4.31. The number of hydrogen-bond acceptors (Lipinski definition) is 1. The van der Waals surface area contributed by atoms with Gasteiger partial charge in [-0.3, -0.25) is 0 Å². The largest absolute Gasteiger partial charge is 0.388 e. The van der Waals surface area contributed by atoms with E-state index < -0.39 is 0 Å². The molecule has 106 valence electrons. The lowest BCUT2D eigenvalue weighted by Crippen LogP contribution is -2.27. The monoisotopic (exact) mass is 261 g/mol. The van der Waals surface area contributed by atoms with Crippen LogP contribution in [0.25, 0.3) is 0 Å². The lowest BCUT2D eigenvalue weighted by atomic mass is 9.75. The fourth-order valence-electron chi connectivity index (χ4n) is 4.29. The molecule has 1 aromatic heterocycles. The van der Waals surface area contributed by atoms with Crippen LogP contribution in [0.3, 0.4) is 0 Å². The van der Waals surface area contributed by atoms with E-state index in [9.17, 15) is 5.11 Å². The Morgan fingerprint density at radius 1 is 1.26 bits per heavy atom. The summed E-state index contributed by atoms with van der Waals surface area (Å²) in [4.78, 5) is 0. The van der Waals surface area contributed by atoms with Crippen LogP contribution < -0.4 is 0 Å². The molecule has 1 fully saturated rings. The Kier molecular flexibility index (Phi) is 3.24. The van der Waals surface area contributed by atoms with E-state index in [0.717, 1.165) is 19.3 Å². The highest BCUT2D eigenvalue weighted by Crippen LogP contribution is 2.44. The first kappa shape index (κ1) is 13.2. The quantitative estimate of drug-likeness (QED) is 0.800. The number of aliphatic hydroxyl groups excluding tert-OH is 1. The fourth-order valence-corrected chi connectivity index (χ4v) is 4.29. The van der Waals surface area contributed by atoms with Gasteiger partial charge in [0.2, 0.25) is 0 Å². The minimum absolute atomic E-state index is 0.222. The van der Waals surface area contributed by atoms with Gasteiger partial charge in [-0.25, -0.2) is 0 Å². The van der Waals surface area contributed by atoms with Gasteiger partial charge in [0.25, 0.3) is 0 Å². The van der Waals surface area contributed by atoms with Crippen LogP contribution in [0, 0.1) is 12.3 Å². The van der Waals surface area contributed by atoms with Crippen LogP contribution in [0.5, 0.6) is 0 Å². The van der Waals surface area contributed by atoms with E-state index in [1.54, 1.807) is 0 Å². The summed E-state index contributed by atoms with van der Waals surface area (Å²) in [5, 5.41) is 10.2. The van der Waals surface area contributed by atoms with Crippen molar-refractivity contribution in [3.8, 4) is 0 Å². The summed E-state index contributed by atoms with van der Waals surface area (Å²) in [5.41, 5.74) is 4.47. The molecule has 0 aliphatic heterocycles. The highest BCUT2D eigenvalue weighted by Gasteiger charge is 2.32. The molecule has 0 spiro atoms. The molecular weight excluding hydrogens is 234 g/mol. The van der Waals surface area contributed by atoms with Crippen molar-refractivity contribution in [1.82, 2.24) is 4.57 Å². The standard InChI is InChI=1S/C17H27NO/c1-12-10-14-15(7-4-8-16(14)19)18(12)13-6-5-9-17(2,3)11-13/h10,13,16,19H,4-9,11H2,1-3H3. The molecule has 0 saturated heterocycles. The van der Waals surface area contributed by atoms with Crippen molar-refractivity contribution < 1.29 is 5.11 Å². The second-order valence-electron chi connectivity index (χ2n) is 7.38. The summed E-state index contributed by atoms with van der Waals surface area (Å²) < 4.78 is 2.57. The smallest absolute Gasteiger partial charge is 0.0807 e. The molecular formula is C17H27NO. The van der Waals surface area contributed by atoms with Crippen LogP contribution in [0.4, 0.5) is 0 Å². The first-order valence-corrected chi connectivity index (χ1v) is 7.87. The van der Waals surface area contributed by atoms with E-state index in [0.29, 0.717) is 11.5 Å². The molecule has 0 aromatic carbocycles. The molecule has 1 aromatic rings. The number of hydrogen-bond donors (Lipinski definition) is 1. The highest BCUT2D eigenvalue weighted by molar-refractivity contribution is 5.32. The molecule has 2 unspecified atom stereocenters. The normalized spacial score (nSPS) is 30.1. The zero-order valence-corrected chi connectivity index (χ0v) is 12.6. The number of nitrogens with zero attached hydrogens (tertiary/aromatic N) is 1. The summed E-state index contributed by atoms with van der Waals surface area (Å²) in [6, 6.07) is 2.89. The summed E-state index contributed by atoms with van der Waals surface area (Å²) >= 11 is 0. The first-order valence-electron chi connectivity index (χ1n) is 7.87. The zero-order valence-electron chi connectivity index (χ0n) is 12.6. The maximum absolute atomic E-state index is 10.2. The Bertz CT molecular complexity index is 472. The van der Waals surface area contributed by atoms with Gasteiger partial charge in [-0.1, -0.05) is 20.3 Å². The van der Waals surface area contributed by atoms with Crippen LogP contribution in [0.2, 0.25) is 0 Å². The Morgan fingerprint density at radius 2 is 2.05 bits per heavy atom. The van der Waals surface area contributed by atoms with Crippen molar-refractivity contribution in [3.63, 3.8) is 0 Å². The molecule has 0 amide bonds. The van der Waals surface area contributed by atoms with E-state index in [1.807, 2.05) is 0 Å². The number of aliphatic hydroxyl groups is 1. The van der Waals surface area contributed by atoms with Gasteiger partial charge in [-0.05, 0) is 56.9 Å². The SMILES string of the molecule is Cc1cc2c(n1C1CCCC(C)(C)C1)CCCC2O. The van der Waals surface area contributed by atoms with E-state index in [4.69, 9.17) is 0 Å². The number of rotatable bonds is 1. The number of fused-ring (bicyclic) bond motifs is 1. The molecule has 1 heterocycles. The molecule has 0 bridgehead atoms. The second-order valence-corrected chi connectivity index (χ2v) is 7.38. The van der Waals surface area contributed by atoms with Gasteiger partial charge >= 0.3 is 0 Å². The molecule has 2 aliphatic carbocycles. The molecule has 2 heteroatoms. The van der Waals surface area contributed by atoms with Gasteiger partial charge in [-0.15, -0.1) is 0 Å². The molecule has 19 heavy (non-hydrogen) atoms. The molecule has 1 saturated carbocycles. The third-order valence-corrected chi connectivity index (χ3v) is 5.16. The molecule has 2 nitrogen and oxygen atoms in total. The fraction of sp³-hybridized carbons (Fsp3) is 0.765. The van der Waals surface area contributed by atoms with Gasteiger partial charge in [0.15, 0.2) is 0 Å². The second kappa shape index (κ2) is 4.66. The minimum Gasteiger partial charge on any atom is -0.388 e. The zero-order chi connectivity index (χ0) is 13.6. The van der Waals surface area contributed by atoms with Crippen molar-refractivity contribution >= 4 is 0 Å². The Hall–Kier alpha value is -0.760. The van der Waals surface area contributed by atoms with E-state index in [2.05, 4.69) is 31.4 Å². The number of aryl methyl sites for hydroxylation is 1. The van der Waals surface area contributed by atoms with E-state index in [1.165, 1.54) is 42.6 Å². The molecule has 1 N–H and O–H groups in total. The van der Waals surface area contributed by atoms with Crippen molar-refractivity contribution in [2.24, 2.45) is 5.41 Å². The lowest BCUT2D eigenvalue weighted by molar-refractivity contribution is 0.151. The lowest BCUT2D eigenvalue weighted by Gasteiger charge is -2.38. The van der Waals surface area contributed by atoms with Gasteiger partial charge in [0.1, 0.15) is 0 Å². The maximum atomic E-state index is 10.2. The van der Waals surface area contributed by atoms with Crippen molar-refractivity contribution in [2.75, 3.05) is 0 Å². The van der Waals surface area contributed by atoms with Crippen molar-refractivity contribution in [3.05, 3.63) is 23.0 Å². The third-order valence-electron chi connectivity index (χ3n) is 5.16. The van der Waals surface area contributed by atoms with Crippen LogP contribution >= 0.6 is 0 Å². The van der Waals surface area contributed by atoms with Gasteiger partial charge in [0.05, 0.1) is 6.10 Å². The number of aromatic nitrogens is 1. The summed E-state index contributed by atoms with van der Waals surface area (Å²) in [6.45, 7) is 7.02. The van der Waals surface area contributed by atoms with Crippen molar-refractivity contribution in [2.45, 2.75) is 77.9 Å². The van der Waals surface area contributed by atoms with Crippen LogP contribution in [0.15, 0.2) is 6.07 Å². The molecule has 2 aliphatic rings. The minimum atomic E-state index is -0.222. The Morgan fingerprint density at radius 3 is 2.79 bits per heavy atom. The Balaban J connectivity index is 1.96. The average Bonchev–Trinajstić information content (AvgIpc) is 2.66. The van der Waals surface area contributed by atoms with Crippen molar-refractivity contribution in [1.29, 1.82) is 0 Å².